The Balaban J connectivity index is 2.00. The van der Waals surface area contributed by atoms with Crippen LogP contribution in [0.2, 0.25) is 0 Å². The Labute approximate surface area is 98.8 Å². The Morgan fingerprint density at radius 3 is 3.18 bits per heavy atom. The van der Waals surface area contributed by atoms with Crippen molar-refractivity contribution in [3.05, 3.63) is 11.9 Å². The van der Waals surface area contributed by atoms with E-state index in [1.807, 2.05) is 0 Å². The zero-order chi connectivity index (χ0) is 12.3. The summed E-state index contributed by atoms with van der Waals surface area (Å²) in [6.45, 7) is 3.08. The molecule has 7 heteroatoms. The van der Waals surface area contributed by atoms with Gasteiger partial charge in [0.1, 0.15) is 5.69 Å². The van der Waals surface area contributed by atoms with Gasteiger partial charge in [-0.05, 0) is 0 Å². The molecule has 2 rings (SSSR count). The number of hydrogen-bond donors (Lipinski definition) is 2. The van der Waals surface area contributed by atoms with E-state index in [0.29, 0.717) is 25.5 Å². The first-order valence-electron chi connectivity index (χ1n) is 5.54. The second kappa shape index (κ2) is 5.24. The van der Waals surface area contributed by atoms with Crippen LogP contribution < -0.4 is 5.32 Å². The zero-order valence-electron chi connectivity index (χ0n) is 9.67. The summed E-state index contributed by atoms with van der Waals surface area (Å²) < 4.78 is 7.10. The summed E-state index contributed by atoms with van der Waals surface area (Å²) in [6, 6.07) is 0.0645. The van der Waals surface area contributed by atoms with E-state index in [9.17, 15) is 4.79 Å². The Morgan fingerprint density at radius 2 is 2.53 bits per heavy atom. The number of hydrogen-bond acceptors (Lipinski definition) is 5. The number of aliphatic hydroxyl groups is 1. The van der Waals surface area contributed by atoms with Gasteiger partial charge in [0.05, 0.1) is 32.1 Å². The van der Waals surface area contributed by atoms with Crippen LogP contribution in [-0.4, -0.2) is 45.8 Å². The van der Waals surface area contributed by atoms with Crippen molar-refractivity contribution < 1.29 is 14.6 Å². The molecule has 7 nitrogen and oxygen atoms in total. The molecule has 1 saturated heterocycles. The van der Waals surface area contributed by atoms with Gasteiger partial charge in [0, 0.05) is 19.4 Å². The number of carbonyl (C=O) groups is 1. The molecule has 0 unspecified atom stereocenters. The van der Waals surface area contributed by atoms with E-state index in [0.717, 1.165) is 0 Å². The van der Waals surface area contributed by atoms with Crippen molar-refractivity contribution in [2.75, 3.05) is 19.8 Å². The van der Waals surface area contributed by atoms with E-state index in [1.54, 1.807) is 10.9 Å². The molecule has 2 heterocycles. The third kappa shape index (κ3) is 2.80. The summed E-state index contributed by atoms with van der Waals surface area (Å²) in [5, 5.41) is 19.5. The molecule has 1 aromatic rings. The molecule has 0 radical (unpaired) electrons. The third-order valence-electron chi connectivity index (χ3n) is 2.84. The molecule has 2 N–H and O–H groups in total. The minimum absolute atomic E-state index is 0.0507. The van der Waals surface area contributed by atoms with Gasteiger partial charge in [-0.3, -0.25) is 4.79 Å². The van der Waals surface area contributed by atoms with E-state index in [-0.39, 0.29) is 24.5 Å². The molecule has 0 saturated carbocycles. The van der Waals surface area contributed by atoms with Crippen molar-refractivity contribution in [2.45, 2.75) is 19.6 Å². The van der Waals surface area contributed by atoms with Crippen molar-refractivity contribution in [3.8, 4) is 0 Å². The van der Waals surface area contributed by atoms with Gasteiger partial charge >= 0.3 is 0 Å². The number of aliphatic hydroxyl groups excluding tert-OH is 1. The molecule has 1 fully saturated rings. The maximum atomic E-state index is 10.9. The van der Waals surface area contributed by atoms with Crippen molar-refractivity contribution in [2.24, 2.45) is 5.92 Å². The first-order chi connectivity index (χ1) is 8.20. The molecule has 0 aromatic carbocycles. The lowest BCUT2D eigenvalue weighted by molar-refractivity contribution is -0.119. The predicted molar refractivity (Wildman–Crippen MR) is 58.0 cm³/mol. The Hall–Kier alpha value is -1.47. The smallest absolute Gasteiger partial charge is 0.216 e. The van der Waals surface area contributed by atoms with Gasteiger partial charge in [-0.25, -0.2) is 4.68 Å². The third-order valence-corrected chi connectivity index (χ3v) is 2.84. The van der Waals surface area contributed by atoms with Crippen LogP contribution in [0, 0.1) is 5.92 Å². The van der Waals surface area contributed by atoms with Crippen LogP contribution in [0.15, 0.2) is 6.20 Å². The van der Waals surface area contributed by atoms with Crippen LogP contribution in [0.1, 0.15) is 18.7 Å². The molecule has 2 atom stereocenters. The van der Waals surface area contributed by atoms with E-state index >= 15 is 0 Å². The highest BCUT2D eigenvalue weighted by Gasteiger charge is 2.30. The summed E-state index contributed by atoms with van der Waals surface area (Å²) in [6.07, 6.45) is 1.71. The number of rotatable bonds is 4. The van der Waals surface area contributed by atoms with Crippen LogP contribution in [-0.2, 0) is 16.1 Å². The Bertz CT molecular complexity index is 393. The van der Waals surface area contributed by atoms with Gasteiger partial charge in [0.15, 0.2) is 0 Å². The predicted octanol–water partition coefficient (Wildman–Crippen LogP) is -0.906. The summed E-state index contributed by atoms with van der Waals surface area (Å²) in [5.41, 5.74) is 0.537. The average molecular weight is 240 g/mol. The van der Waals surface area contributed by atoms with E-state index in [1.165, 1.54) is 6.92 Å². The molecule has 1 aliphatic rings. The van der Waals surface area contributed by atoms with Crippen LogP contribution in [0.25, 0.3) is 0 Å². The van der Waals surface area contributed by atoms with Gasteiger partial charge in [-0.1, -0.05) is 5.21 Å². The molecule has 0 bridgehead atoms. The molecule has 1 amide bonds. The van der Waals surface area contributed by atoms with Gasteiger partial charge in [0.2, 0.25) is 5.91 Å². The van der Waals surface area contributed by atoms with Gasteiger partial charge < -0.3 is 15.2 Å². The molecule has 17 heavy (non-hydrogen) atoms. The number of nitrogens with one attached hydrogen (secondary N) is 1. The van der Waals surface area contributed by atoms with Crippen molar-refractivity contribution >= 4 is 5.91 Å². The lowest BCUT2D eigenvalue weighted by Crippen LogP contribution is -2.32. The summed E-state index contributed by atoms with van der Waals surface area (Å²) >= 11 is 0. The fourth-order valence-corrected chi connectivity index (χ4v) is 1.90. The highest BCUT2D eigenvalue weighted by atomic mass is 16.5. The molecule has 94 valence electrons. The molecule has 1 aromatic heterocycles. The number of amides is 1. The SMILES string of the molecule is CC(=O)NC[C@@H]1COC[C@H]1n1cc(CO)nn1. The molecule has 1 aliphatic heterocycles. The van der Waals surface area contributed by atoms with E-state index in [4.69, 9.17) is 9.84 Å². The summed E-state index contributed by atoms with van der Waals surface area (Å²) in [4.78, 5) is 10.9. The first kappa shape index (κ1) is 12.0. The second-order valence-corrected chi connectivity index (χ2v) is 4.15. The fraction of sp³-hybridized carbons (Fsp3) is 0.700. The van der Waals surface area contributed by atoms with Crippen LogP contribution in [0.3, 0.4) is 0 Å². The number of carbonyl (C=O) groups excluding carboxylic acids is 1. The maximum Gasteiger partial charge on any atom is 0.216 e. The molecule has 0 spiro atoms. The van der Waals surface area contributed by atoms with Crippen molar-refractivity contribution in [1.82, 2.24) is 20.3 Å². The van der Waals surface area contributed by atoms with E-state index < -0.39 is 0 Å². The lowest BCUT2D eigenvalue weighted by Gasteiger charge is -2.17. The normalized spacial score (nSPS) is 23.9. The van der Waals surface area contributed by atoms with Crippen molar-refractivity contribution in [1.29, 1.82) is 0 Å². The number of ether oxygens (including phenoxy) is 1. The van der Waals surface area contributed by atoms with Crippen LogP contribution >= 0.6 is 0 Å². The largest absolute Gasteiger partial charge is 0.390 e. The first-order valence-corrected chi connectivity index (χ1v) is 5.54. The molecular formula is C10H16N4O3. The quantitative estimate of drug-likeness (QED) is 0.711. The second-order valence-electron chi connectivity index (χ2n) is 4.15. The summed E-state index contributed by atoms with van der Waals surface area (Å²) in [7, 11) is 0. The monoisotopic (exact) mass is 240 g/mol. The minimum atomic E-state index is -0.121. The van der Waals surface area contributed by atoms with Crippen LogP contribution in [0.4, 0.5) is 0 Å². The van der Waals surface area contributed by atoms with Gasteiger partial charge in [-0.2, -0.15) is 0 Å². The molecule has 0 aliphatic carbocycles. The minimum Gasteiger partial charge on any atom is -0.390 e. The van der Waals surface area contributed by atoms with Crippen molar-refractivity contribution in [3.63, 3.8) is 0 Å². The standard InChI is InChI=1S/C10H16N4O3/c1-7(16)11-2-8-5-17-6-10(8)14-3-9(4-15)12-13-14/h3,8,10,15H,2,4-6H2,1H3,(H,11,16)/t8-,10-/m1/s1. The van der Waals surface area contributed by atoms with E-state index in [2.05, 4.69) is 15.6 Å². The average Bonchev–Trinajstić information content (AvgIpc) is 2.94. The topological polar surface area (TPSA) is 89.3 Å². The summed E-state index contributed by atoms with van der Waals surface area (Å²) in [5.74, 6) is 0.137. The number of nitrogens with zero attached hydrogens (tertiary/aromatic N) is 3. The number of aromatic nitrogens is 3. The fourth-order valence-electron chi connectivity index (χ4n) is 1.90. The van der Waals surface area contributed by atoms with Gasteiger partial charge in [-0.15, -0.1) is 5.10 Å². The molecular weight excluding hydrogens is 224 g/mol. The highest BCUT2D eigenvalue weighted by molar-refractivity contribution is 5.72. The van der Waals surface area contributed by atoms with Gasteiger partial charge in [0.25, 0.3) is 0 Å². The Kier molecular flexibility index (Phi) is 3.70. The maximum absolute atomic E-state index is 10.9. The van der Waals surface area contributed by atoms with Crippen LogP contribution in [0.5, 0.6) is 0 Å². The Morgan fingerprint density at radius 1 is 1.71 bits per heavy atom. The lowest BCUT2D eigenvalue weighted by atomic mass is 10.0. The highest BCUT2D eigenvalue weighted by Crippen LogP contribution is 2.24. The zero-order valence-corrected chi connectivity index (χ0v) is 9.67.